The Balaban J connectivity index is 2.66. The predicted octanol–water partition coefficient (Wildman–Crippen LogP) is 2.55. The van der Waals surface area contributed by atoms with Crippen molar-refractivity contribution >= 4 is 17.5 Å². The molecule has 3 nitrogen and oxygen atoms in total. The molecule has 0 unspecified atom stereocenters. The van der Waals surface area contributed by atoms with Crippen LogP contribution in [-0.2, 0) is 4.79 Å². The normalized spacial score (nSPS) is 12.0. The van der Waals surface area contributed by atoms with Gasteiger partial charge in [0.1, 0.15) is 5.75 Å². The van der Waals surface area contributed by atoms with Gasteiger partial charge in [0.05, 0.1) is 0 Å². The van der Waals surface area contributed by atoms with Crippen LogP contribution in [0.4, 0.5) is 0 Å². The van der Waals surface area contributed by atoms with E-state index in [1.807, 2.05) is 19.9 Å². The average molecular weight is 242 g/mol. The summed E-state index contributed by atoms with van der Waals surface area (Å²) in [5.41, 5.74) is 0.933. The zero-order valence-corrected chi connectivity index (χ0v) is 10.5. The molecule has 88 valence electrons. The van der Waals surface area contributed by atoms with Crippen molar-refractivity contribution in [1.29, 1.82) is 0 Å². The van der Waals surface area contributed by atoms with E-state index in [4.69, 9.17) is 16.3 Å². The van der Waals surface area contributed by atoms with E-state index in [-0.39, 0.29) is 5.91 Å². The molecular formula is C12H16ClNO2. The molecule has 1 rings (SSSR count). The van der Waals surface area contributed by atoms with E-state index in [1.54, 1.807) is 19.1 Å². The van der Waals surface area contributed by atoms with E-state index in [9.17, 15) is 4.79 Å². The van der Waals surface area contributed by atoms with Crippen LogP contribution in [-0.4, -0.2) is 18.6 Å². The molecule has 1 amide bonds. The summed E-state index contributed by atoms with van der Waals surface area (Å²) in [6.07, 6.45) is -0.500. The van der Waals surface area contributed by atoms with E-state index in [1.165, 1.54) is 0 Å². The lowest BCUT2D eigenvalue weighted by Gasteiger charge is -2.14. The number of rotatable bonds is 4. The van der Waals surface area contributed by atoms with Crippen LogP contribution in [0.5, 0.6) is 5.75 Å². The van der Waals surface area contributed by atoms with Crippen LogP contribution in [0.3, 0.4) is 0 Å². The molecule has 0 spiro atoms. The second-order valence-electron chi connectivity index (χ2n) is 3.57. The van der Waals surface area contributed by atoms with Gasteiger partial charge in [0.15, 0.2) is 6.10 Å². The molecule has 0 fully saturated rings. The van der Waals surface area contributed by atoms with Crippen LogP contribution in [0.2, 0.25) is 5.02 Å². The van der Waals surface area contributed by atoms with Gasteiger partial charge in [-0.3, -0.25) is 4.79 Å². The van der Waals surface area contributed by atoms with Crippen molar-refractivity contribution in [2.24, 2.45) is 0 Å². The second kappa shape index (κ2) is 5.75. The number of hydrogen-bond acceptors (Lipinski definition) is 2. The van der Waals surface area contributed by atoms with Crippen LogP contribution < -0.4 is 10.1 Å². The molecule has 0 bridgehead atoms. The lowest BCUT2D eigenvalue weighted by Crippen LogP contribution is -2.36. The molecule has 1 aromatic carbocycles. The third kappa shape index (κ3) is 3.42. The van der Waals surface area contributed by atoms with Crippen molar-refractivity contribution in [2.45, 2.75) is 26.9 Å². The first-order valence-electron chi connectivity index (χ1n) is 5.25. The second-order valence-corrected chi connectivity index (χ2v) is 3.97. The highest BCUT2D eigenvalue weighted by atomic mass is 35.5. The summed E-state index contributed by atoms with van der Waals surface area (Å²) in [5, 5.41) is 3.39. The molecule has 0 saturated heterocycles. The molecule has 0 aromatic heterocycles. The number of likely N-dealkylation sites (N-methyl/N-ethyl adjacent to an activating group) is 1. The fraction of sp³-hybridized carbons (Fsp3) is 0.417. The zero-order chi connectivity index (χ0) is 12.1. The highest BCUT2D eigenvalue weighted by Gasteiger charge is 2.13. The van der Waals surface area contributed by atoms with Crippen LogP contribution in [0.25, 0.3) is 0 Å². The minimum atomic E-state index is -0.500. The molecule has 16 heavy (non-hydrogen) atoms. The van der Waals surface area contributed by atoms with Crippen LogP contribution in [0, 0.1) is 6.92 Å². The highest BCUT2D eigenvalue weighted by molar-refractivity contribution is 6.31. The van der Waals surface area contributed by atoms with Gasteiger partial charge < -0.3 is 10.1 Å². The van der Waals surface area contributed by atoms with Crippen molar-refractivity contribution < 1.29 is 9.53 Å². The first-order valence-corrected chi connectivity index (χ1v) is 5.63. The minimum Gasteiger partial charge on any atom is -0.481 e. The van der Waals surface area contributed by atoms with E-state index in [0.717, 1.165) is 5.56 Å². The first-order chi connectivity index (χ1) is 7.54. The summed E-state index contributed by atoms with van der Waals surface area (Å²) in [6.45, 7) is 6.09. The van der Waals surface area contributed by atoms with Crippen molar-refractivity contribution in [3.8, 4) is 5.75 Å². The van der Waals surface area contributed by atoms with Gasteiger partial charge in [-0.15, -0.1) is 0 Å². The summed E-state index contributed by atoms with van der Waals surface area (Å²) in [5.74, 6) is 0.538. The van der Waals surface area contributed by atoms with Gasteiger partial charge in [-0.25, -0.2) is 0 Å². The summed E-state index contributed by atoms with van der Waals surface area (Å²) in [4.78, 5) is 11.4. The number of hydrogen-bond donors (Lipinski definition) is 1. The number of nitrogens with one attached hydrogen (secondary N) is 1. The van der Waals surface area contributed by atoms with Crippen molar-refractivity contribution in [2.75, 3.05) is 6.54 Å². The van der Waals surface area contributed by atoms with Gasteiger partial charge in [0.2, 0.25) is 0 Å². The maximum absolute atomic E-state index is 11.4. The minimum absolute atomic E-state index is 0.116. The Hall–Kier alpha value is -1.22. The Kier molecular flexibility index (Phi) is 4.62. The number of carbonyl (C=O) groups is 1. The standard InChI is InChI=1S/C12H16ClNO2/c1-4-14-12(15)9(3)16-10-5-6-11(13)8(2)7-10/h5-7,9H,4H2,1-3H3,(H,14,15)/t9-/m0/s1. The monoisotopic (exact) mass is 241 g/mol. The number of benzene rings is 1. The number of carbonyl (C=O) groups excluding carboxylic acids is 1. The SMILES string of the molecule is CCNC(=O)[C@H](C)Oc1ccc(Cl)c(C)c1. The summed E-state index contributed by atoms with van der Waals surface area (Å²) >= 11 is 5.89. The molecule has 0 heterocycles. The van der Waals surface area contributed by atoms with E-state index in [2.05, 4.69) is 5.32 Å². The van der Waals surface area contributed by atoms with Crippen molar-refractivity contribution in [3.05, 3.63) is 28.8 Å². The third-order valence-corrected chi connectivity index (χ3v) is 2.59. The maximum Gasteiger partial charge on any atom is 0.260 e. The number of aryl methyl sites for hydroxylation is 1. The average Bonchev–Trinajstić information content (AvgIpc) is 2.24. The summed E-state index contributed by atoms with van der Waals surface area (Å²) < 4.78 is 5.49. The summed E-state index contributed by atoms with van der Waals surface area (Å²) in [6, 6.07) is 5.33. The Labute approximate surface area is 101 Å². The molecule has 1 aromatic rings. The topological polar surface area (TPSA) is 38.3 Å². The zero-order valence-electron chi connectivity index (χ0n) is 9.71. The fourth-order valence-corrected chi connectivity index (χ4v) is 1.38. The molecule has 0 radical (unpaired) electrons. The lowest BCUT2D eigenvalue weighted by molar-refractivity contribution is -0.127. The Morgan fingerprint density at radius 1 is 1.56 bits per heavy atom. The Morgan fingerprint density at radius 2 is 2.25 bits per heavy atom. The molecule has 1 atom stereocenters. The maximum atomic E-state index is 11.4. The third-order valence-electron chi connectivity index (χ3n) is 2.16. The smallest absolute Gasteiger partial charge is 0.260 e. The van der Waals surface area contributed by atoms with Crippen LogP contribution in [0.1, 0.15) is 19.4 Å². The van der Waals surface area contributed by atoms with Gasteiger partial charge in [0.25, 0.3) is 5.91 Å². The molecule has 0 aliphatic rings. The van der Waals surface area contributed by atoms with E-state index in [0.29, 0.717) is 17.3 Å². The lowest BCUT2D eigenvalue weighted by atomic mass is 10.2. The van der Waals surface area contributed by atoms with Crippen molar-refractivity contribution in [3.63, 3.8) is 0 Å². The molecule has 4 heteroatoms. The van der Waals surface area contributed by atoms with Gasteiger partial charge in [-0.05, 0) is 44.5 Å². The first kappa shape index (κ1) is 12.8. The molecule has 0 aliphatic carbocycles. The molecule has 0 aliphatic heterocycles. The quantitative estimate of drug-likeness (QED) is 0.880. The Morgan fingerprint density at radius 3 is 2.81 bits per heavy atom. The fourth-order valence-electron chi connectivity index (χ4n) is 1.27. The molecule has 0 saturated carbocycles. The number of halogens is 1. The van der Waals surface area contributed by atoms with Crippen LogP contribution in [0.15, 0.2) is 18.2 Å². The van der Waals surface area contributed by atoms with Gasteiger partial charge in [-0.2, -0.15) is 0 Å². The Bertz CT molecular complexity index is 379. The van der Waals surface area contributed by atoms with Gasteiger partial charge in [0, 0.05) is 11.6 Å². The number of ether oxygens (including phenoxy) is 1. The van der Waals surface area contributed by atoms with Crippen molar-refractivity contribution in [1.82, 2.24) is 5.32 Å². The number of amides is 1. The highest BCUT2D eigenvalue weighted by Crippen LogP contribution is 2.21. The van der Waals surface area contributed by atoms with E-state index < -0.39 is 6.10 Å². The largest absolute Gasteiger partial charge is 0.481 e. The summed E-state index contributed by atoms with van der Waals surface area (Å²) in [7, 11) is 0. The van der Waals surface area contributed by atoms with E-state index >= 15 is 0 Å². The molecule has 1 N–H and O–H groups in total. The van der Waals surface area contributed by atoms with Gasteiger partial charge >= 0.3 is 0 Å². The predicted molar refractivity (Wildman–Crippen MR) is 65.0 cm³/mol. The molecular weight excluding hydrogens is 226 g/mol. The van der Waals surface area contributed by atoms with Gasteiger partial charge in [-0.1, -0.05) is 11.6 Å². The van der Waals surface area contributed by atoms with Crippen LogP contribution >= 0.6 is 11.6 Å².